The normalized spacial score (nSPS) is 13.2. The molecule has 0 spiro atoms. The molecule has 0 amide bonds. The Morgan fingerprint density at radius 2 is 1.92 bits per heavy atom. The minimum atomic E-state index is -0.118. The van der Waals surface area contributed by atoms with Crippen molar-refractivity contribution in [3.05, 3.63) is 36.2 Å². The molecule has 1 fully saturated rings. The Kier molecular flexibility index (Phi) is 6.62. The molecule has 1 saturated carbocycles. The van der Waals surface area contributed by atoms with E-state index in [1.54, 1.807) is 14.0 Å². The fraction of sp³-hybridized carbons (Fsp3) is 0.500. The number of rotatable bonds is 5. The Balaban J connectivity index is 0.000000242. The fourth-order valence-electron chi connectivity index (χ4n) is 2.50. The van der Waals surface area contributed by atoms with Gasteiger partial charge >= 0.3 is 5.97 Å². The number of methoxy groups -OCH3 is 1. The van der Waals surface area contributed by atoms with Crippen LogP contribution in [-0.2, 0) is 9.53 Å². The van der Waals surface area contributed by atoms with Crippen molar-refractivity contribution in [2.75, 3.05) is 13.7 Å². The van der Waals surface area contributed by atoms with Gasteiger partial charge in [-0.1, -0.05) is 13.8 Å². The monoisotopic (exact) mass is 344 g/mol. The number of ether oxygens (including phenoxy) is 2. The van der Waals surface area contributed by atoms with Crippen molar-refractivity contribution in [2.24, 2.45) is 5.92 Å². The molecule has 0 aliphatic heterocycles. The number of hydrogen-bond acceptors (Lipinski definition) is 4. The number of carbonyl (C=O) groups excluding carboxylic acids is 1. The Morgan fingerprint density at radius 3 is 2.36 bits per heavy atom. The fourth-order valence-corrected chi connectivity index (χ4v) is 2.50. The first kappa shape index (κ1) is 19.0. The molecule has 3 rings (SSSR count). The molecule has 25 heavy (non-hydrogen) atoms. The molecule has 1 heterocycles. The van der Waals surface area contributed by atoms with E-state index in [9.17, 15) is 4.79 Å². The van der Waals surface area contributed by atoms with Crippen molar-refractivity contribution >= 4 is 5.97 Å². The topological polar surface area (TPSA) is 53.4 Å². The third-order valence-corrected chi connectivity index (χ3v) is 4.00. The lowest BCUT2D eigenvalue weighted by molar-refractivity contribution is -0.146. The summed E-state index contributed by atoms with van der Waals surface area (Å²) in [5.41, 5.74) is 2.41. The summed E-state index contributed by atoms with van der Waals surface area (Å²) in [7, 11) is 1.68. The van der Waals surface area contributed by atoms with Gasteiger partial charge < -0.3 is 14.0 Å². The number of nitrogens with zero attached hydrogens (tertiary/aromatic N) is 2. The van der Waals surface area contributed by atoms with Crippen LogP contribution in [0.4, 0.5) is 0 Å². The van der Waals surface area contributed by atoms with Gasteiger partial charge in [0.05, 0.1) is 19.6 Å². The molecule has 0 atom stereocenters. The van der Waals surface area contributed by atoms with Gasteiger partial charge in [0.25, 0.3) is 0 Å². The highest BCUT2D eigenvalue weighted by atomic mass is 16.5. The molecule has 2 aromatic rings. The minimum absolute atomic E-state index is 0.00921. The highest BCUT2D eigenvalue weighted by Crippen LogP contribution is 2.39. The maximum absolute atomic E-state index is 10.5. The van der Waals surface area contributed by atoms with Crippen LogP contribution >= 0.6 is 0 Å². The predicted molar refractivity (Wildman–Crippen MR) is 98.7 cm³/mol. The first-order valence-corrected chi connectivity index (χ1v) is 8.82. The molecule has 0 radical (unpaired) electrons. The van der Waals surface area contributed by atoms with E-state index in [2.05, 4.69) is 33.3 Å². The van der Waals surface area contributed by atoms with E-state index < -0.39 is 0 Å². The zero-order chi connectivity index (χ0) is 18.4. The second kappa shape index (κ2) is 8.70. The number of aryl methyl sites for hydroxylation is 1. The molecule has 5 heteroatoms. The minimum Gasteiger partial charge on any atom is -0.497 e. The van der Waals surface area contributed by atoms with Crippen LogP contribution in [0, 0.1) is 12.8 Å². The van der Waals surface area contributed by atoms with Gasteiger partial charge in [0, 0.05) is 23.5 Å². The summed E-state index contributed by atoms with van der Waals surface area (Å²) in [6.07, 6.45) is 4.51. The molecule has 0 bridgehead atoms. The summed E-state index contributed by atoms with van der Waals surface area (Å²) in [5.74, 6) is 1.85. The molecule has 0 unspecified atom stereocenters. The molecule has 1 aromatic heterocycles. The van der Waals surface area contributed by atoms with E-state index in [4.69, 9.17) is 4.74 Å². The van der Waals surface area contributed by atoms with Crippen LogP contribution in [0.2, 0.25) is 0 Å². The summed E-state index contributed by atoms with van der Waals surface area (Å²) in [6, 6.07) is 8.76. The molecule has 5 nitrogen and oxygen atoms in total. The smallest absolute Gasteiger partial charge is 0.308 e. The number of aromatic nitrogens is 2. The van der Waals surface area contributed by atoms with Crippen LogP contribution in [0.25, 0.3) is 11.4 Å². The number of esters is 1. The van der Waals surface area contributed by atoms with E-state index in [1.807, 2.05) is 32.2 Å². The molecule has 1 aliphatic carbocycles. The van der Waals surface area contributed by atoms with Gasteiger partial charge in [-0.25, -0.2) is 4.98 Å². The summed E-state index contributed by atoms with van der Waals surface area (Å²) >= 11 is 0. The van der Waals surface area contributed by atoms with Crippen LogP contribution in [0.5, 0.6) is 5.75 Å². The van der Waals surface area contributed by atoms with Gasteiger partial charge in [-0.3, -0.25) is 4.79 Å². The zero-order valence-electron chi connectivity index (χ0n) is 15.8. The lowest BCUT2D eigenvalue weighted by Gasteiger charge is -2.09. The molecular weight excluding hydrogens is 316 g/mol. The average molecular weight is 344 g/mol. The third kappa shape index (κ3) is 5.08. The van der Waals surface area contributed by atoms with Gasteiger partial charge in [-0.05, 0) is 51.0 Å². The molecular formula is C20H28N2O3. The molecule has 1 aromatic carbocycles. The molecule has 136 valence electrons. The van der Waals surface area contributed by atoms with Crippen LogP contribution in [0.1, 0.15) is 45.3 Å². The van der Waals surface area contributed by atoms with Crippen LogP contribution in [0.3, 0.4) is 0 Å². The van der Waals surface area contributed by atoms with E-state index >= 15 is 0 Å². The van der Waals surface area contributed by atoms with Gasteiger partial charge in [-0.2, -0.15) is 0 Å². The first-order valence-electron chi connectivity index (χ1n) is 8.82. The zero-order valence-corrected chi connectivity index (χ0v) is 15.8. The lowest BCUT2D eigenvalue weighted by Crippen LogP contribution is -2.10. The molecule has 0 N–H and O–H groups in total. The van der Waals surface area contributed by atoms with Gasteiger partial charge in [0.15, 0.2) is 0 Å². The first-order chi connectivity index (χ1) is 12.0. The quantitative estimate of drug-likeness (QED) is 0.754. The summed E-state index contributed by atoms with van der Waals surface area (Å²) in [4.78, 5) is 15.0. The van der Waals surface area contributed by atoms with Crippen molar-refractivity contribution in [2.45, 2.75) is 46.6 Å². The average Bonchev–Trinajstić information content (AvgIpc) is 3.37. The van der Waals surface area contributed by atoms with Crippen LogP contribution in [-0.4, -0.2) is 29.2 Å². The molecule has 0 saturated heterocycles. The summed E-state index contributed by atoms with van der Waals surface area (Å²) < 4.78 is 12.2. The molecule has 1 aliphatic rings. The van der Waals surface area contributed by atoms with E-state index in [-0.39, 0.29) is 11.9 Å². The third-order valence-electron chi connectivity index (χ3n) is 4.00. The predicted octanol–water partition coefficient (Wildman–Crippen LogP) is 4.41. The summed E-state index contributed by atoms with van der Waals surface area (Å²) in [6.45, 7) is 8.05. The van der Waals surface area contributed by atoms with Gasteiger partial charge in [0.1, 0.15) is 11.6 Å². The van der Waals surface area contributed by atoms with Crippen molar-refractivity contribution in [3.8, 4) is 17.1 Å². The largest absolute Gasteiger partial charge is 0.497 e. The second-order valence-corrected chi connectivity index (χ2v) is 6.46. The van der Waals surface area contributed by atoms with Crippen LogP contribution < -0.4 is 4.74 Å². The Morgan fingerprint density at radius 1 is 1.28 bits per heavy atom. The number of imidazole rings is 1. The Labute approximate surface area is 150 Å². The van der Waals surface area contributed by atoms with Gasteiger partial charge in [-0.15, -0.1) is 0 Å². The van der Waals surface area contributed by atoms with Crippen molar-refractivity contribution in [1.29, 1.82) is 0 Å². The van der Waals surface area contributed by atoms with Crippen LogP contribution in [0.15, 0.2) is 30.5 Å². The number of benzene rings is 1. The summed E-state index contributed by atoms with van der Waals surface area (Å²) in [5, 5.41) is 0. The second-order valence-electron chi connectivity index (χ2n) is 6.46. The van der Waals surface area contributed by atoms with Crippen molar-refractivity contribution < 1.29 is 14.3 Å². The number of hydrogen-bond donors (Lipinski definition) is 0. The van der Waals surface area contributed by atoms with Crippen molar-refractivity contribution in [1.82, 2.24) is 9.55 Å². The van der Waals surface area contributed by atoms with E-state index in [0.717, 1.165) is 17.1 Å². The SMILES string of the molecule is CCOC(=O)C(C)C.COc1ccc(-c2ncc(C)n2C2CC2)cc1. The van der Waals surface area contributed by atoms with Crippen molar-refractivity contribution in [3.63, 3.8) is 0 Å². The number of carbonyl (C=O) groups is 1. The van der Waals surface area contributed by atoms with E-state index in [1.165, 1.54) is 18.5 Å². The van der Waals surface area contributed by atoms with Gasteiger partial charge in [0.2, 0.25) is 0 Å². The Bertz CT molecular complexity index is 685. The lowest BCUT2D eigenvalue weighted by atomic mass is 10.2. The Hall–Kier alpha value is -2.30. The highest BCUT2D eigenvalue weighted by molar-refractivity contribution is 5.71. The maximum atomic E-state index is 10.5. The highest BCUT2D eigenvalue weighted by Gasteiger charge is 2.27. The maximum Gasteiger partial charge on any atom is 0.308 e. The van der Waals surface area contributed by atoms with E-state index in [0.29, 0.717) is 12.6 Å². The standard InChI is InChI=1S/C14H16N2O.C6H12O2/c1-10-9-15-14(16(10)12-5-6-12)11-3-7-13(17-2)8-4-11;1-4-8-6(7)5(2)3/h3-4,7-9,12H,5-6H2,1-2H3;5H,4H2,1-3H3.